The van der Waals surface area contributed by atoms with Crippen LogP contribution in [-0.2, 0) is 11.3 Å². The van der Waals surface area contributed by atoms with Crippen molar-refractivity contribution in [3.8, 4) is 0 Å². The molecule has 16 heavy (non-hydrogen) atoms. The van der Waals surface area contributed by atoms with Crippen molar-refractivity contribution in [3.63, 3.8) is 0 Å². The van der Waals surface area contributed by atoms with Gasteiger partial charge in [0, 0.05) is 6.54 Å². The van der Waals surface area contributed by atoms with Gasteiger partial charge in [-0.2, -0.15) is 0 Å². The largest absolute Gasteiger partial charge is 0.300 e. The highest BCUT2D eigenvalue weighted by molar-refractivity contribution is 7.83. The Balaban J connectivity index is 0.000000293. The van der Waals surface area contributed by atoms with E-state index in [1.807, 2.05) is 30.3 Å². The van der Waals surface area contributed by atoms with Crippen LogP contribution >= 0.6 is 23.8 Å². The Morgan fingerprint density at radius 1 is 1.44 bits per heavy atom. The summed E-state index contributed by atoms with van der Waals surface area (Å²) in [5, 5.41) is 0. The van der Waals surface area contributed by atoms with E-state index in [0.29, 0.717) is 0 Å². The fourth-order valence-corrected chi connectivity index (χ4v) is 1.30. The van der Waals surface area contributed by atoms with Gasteiger partial charge >= 0.3 is 0 Å². The number of thiocarbonyl (C=S) groups is 1. The van der Waals surface area contributed by atoms with Crippen LogP contribution in [0.2, 0.25) is 0 Å². The first-order valence-corrected chi connectivity index (χ1v) is 5.50. The maximum Gasteiger partial charge on any atom is 0.135 e. The molecule has 0 aromatic heterocycles. The third-order valence-corrected chi connectivity index (χ3v) is 1.81. The number of nitrogens with one attached hydrogen (secondary N) is 1. The van der Waals surface area contributed by atoms with Gasteiger partial charge < -0.3 is 0 Å². The number of ketones is 1. The van der Waals surface area contributed by atoms with E-state index in [1.54, 1.807) is 0 Å². The zero-order valence-corrected chi connectivity index (χ0v) is 10.6. The van der Waals surface area contributed by atoms with Crippen molar-refractivity contribution in [3.05, 3.63) is 35.9 Å². The second kappa shape index (κ2) is 9.42. The highest BCUT2D eigenvalue weighted by atomic mass is 35.5. The van der Waals surface area contributed by atoms with Crippen molar-refractivity contribution in [1.29, 1.82) is 0 Å². The average molecular weight is 259 g/mol. The molecular weight excluding hydrogens is 244 g/mol. The van der Waals surface area contributed by atoms with Gasteiger partial charge in [-0.15, -0.1) is 0 Å². The number of hydrogen-bond acceptors (Lipinski definition) is 4. The molecule has 1 aromatic carbocycles. The molecule has 0 spiro atoms. The summed E-state index contributed by atoms with van der Waals surface area (Å²) in [5.41, 5.74) is 3.79. The second-order valence-electron chi connectivity index (χ2n) is 3.10. The van der Waals surface area contributed by atoms with Crippen LogP contribution in [0.1, 0.15) is 18.9 Å². The zero-order chi connectivity index (χ0) is 12.4. The van der Waals surface area contributed by atoms with Crippen molar-refractivity contribution < 1.29 is 4.79 Å². The van der Waals surface area contributed by atoms with Crippen LogP contribution in [0.4, 0.5) is 0 Å². The summed E-state index contributed by atoms with van der Waals surface area (Å²) in [6.07, 6.45) is 0.219. The maximum atomic E-state index is 10.1. The number of hydrazine groups is 1. The van der Waals surface area contributed by atoms with E-state index in [4.69, 9.17) is 17.4 Å². The molecule has 3 nitrogen and oxygen atoms in total. The molecule has 0 atom stereocenters. The van der Waals surface area contributed by atoms with Crippen LogP contribution in [0.25, 0.3) is 0 Å². The van der Waals surface area contributed by atoms with Crippen molar-refractivity contribution in [2.24, 2.45) is 5.84 Å². The highest BCUT2D eigenvalue weighted by Gasteiger charge is 1.93. The van der Waals surface area contributed by atoms with Crippen LogP contribution in [-0.4, -0.2) is 10.1 Å². The van der Waals surface area contributed by atoms with E-state index in [9.17, 15) is 4.79 Å². The number of carbonyl (C=O) groups is 1. The molecule has 5 heteroatoms. The Morgan fingerprint density at radius 3 is 2.31 bits per heavy atom. The quantitative estimate of drug-likeness (QED) is 0.376. The first-order chi connectivity index (χ1) is 7.56. The van der Waals surface area contributed by atoms with Crippen LogP contribution in [0, 0.1) is 0 Å². The number of hydrogen-bond donors (Lipinski definition) is 2. The lowest BCUT2D eigenvalue weighted by Crippen LogP contribution is -2.20. The molecule has 0 saturated heterocycles. The first-order valence-electron chi connectivity index (χ1n) is 4.71. The van der Waals surface area contributed by atoms with Crippen molar-refractivity contribution in [2.75, 3.05) is 0 Å². The number of nitrogens with two attached hydrogens (primary N) is 1. The second-order valence-corrected chi connectivity index (χ2v) is 4.27. The number of halogens is 1. The molecule has 1 aromatic rings. The summed E-state index contributed by atoms with van der Waals surface area (Å²) >= 11 is 9.60. The normalized spacial score (nSPS) is 8.94. The fraction of sp³-hybridized carbons (Fsp3) is 0.273. The maximum absolute atomic E-state index is 10.1. The Labute approximate surface area is 106 Å². The van der Waals surface area contributed by atoms with Crippen LogP contribution in [0.5, 0.6) is 0 Å². The molecule has 0 bridgehead atoms. The van der Waals surface area contributed by atoms with Crippen LogP contribution in [0.3, 0.4) is 0 Å². The Kier molecular flexibility index (Phi) is 8.94. The average Bonchev–Trinajstić information content (AvgIpc) is 2.18. The summed E-state index contributed by atoms with van der Waals surface area (Å²) in [4.78, 5) is 10.1. The van der Waals surface area contributed by atoms with Gasteiger partial charge in [0.15, 0.2) is 0 Å². The number of rotatable bonds is 4. The third-order valence-electron chi connectivity index (χ3n) is 1.54. The Bertz CT molecular complexity index is 318. The molecule has 0 fully saturated rings. The SMILES string of the molecule is CC(=O)CC(=S)Cl.NNCc1ccccc1. The number of benzene rings is 1. The molecule has 0 aliphatic rings. The van der Waals surface area contributed by atoms with Crippen molar-refractivity contribution >= 4 is 33.9 Å². The van der Waals surface area contributed by atoms with Gasteiger partial charge in [-0.3, -0.25) is 16.1 Å². The number of Topliss-reactive ketones (excluding diaryl/α,β-unsaturated/α-hetero) is 1. The lowest BCUT2D eigenvalue weighted by atomic mass is 10.2. The molecule has 0 amide bonds. The lowest BCUT2D eigenvalue weighted by Gasteiger charge is -1.95. The summed E-state index contributed by atoms with van der Waals surface area (Å²) in [5.74, 6) is 5.12. The van der Waals surface area contributed by atoms with Crippen molar-refractivity contribution in [2.45, 2.75) is 19.9 Å². The highest BCUT2D eigenvalue weighted by Crippen LogP contribution is 1.95. The first kappa shape index (κ1) is 15.2. The van der Waals surface area contributed by atoms with E-state index in [2.05, 4.69) is 17.6 Å². The molecule has 88 valence electrons. The predicted molar refractivity (Wildman–Crippen MR) is 71.2 cm³/mol. The van der Waals surface area contributed by atoms with Gasteiger partial charge in [0.05, 0.1) is 10.7 Å². The molecule has 0 unspecified atom stereocenters. The summed E-state index contributed by atoms with van der Waals surface area (Å²) in [7, 11) is 0. The van der Waals surface area contributed by atoms with Gasteiger partial charge in [0.25, 0.3) is 0 Å². The lowest BCUT2D eigenvalue weighted by molar-refractivity contribution is -0.115. The standard InChI is InChI=1S/C7H10N2.C4H5ClOS/c8-9-6-7-4-2-1-3-5-7;1-3(6)2-4(5)7/h1-5,9H,6,8H2;2H2,1H3. The van der Waals surface area contributed by atoms with Crippen molar-refractivity contribution in [1.82, 2.24) is 5.43 Å². The van der Waals surface area contributed by atoms with Crippen LogP contribution < -0.4 is 11.3 Å². The van der Waals surface area contributed by atoms with Gasteiger partial charge in [-0.25, -0.2) is 0 Å². The molecule has 0 radical (unpaired) electrons. The predicted octanol–water partition coefficient (Wildman–Crippen LogP) is 2.18. The zero-order valence-electron chi connectivity index (χ0n) is 9.07. The van der Waals surface area contributed by atoms with E-state index >= 15 is 0 Å². The summed E-state index contributed by atoms with van der Waals surface area (Å²) in [6, 6.07) is 10.0. The fourth-order valence-electron chi connectivity index (χ4n) is 0.909. The minimum atomic E-state index is 0.0139. The molecule has 0 aliphatic carbocycles. The third kappa shape index (κ3) is 9.73. The van der Waals surface area contributed by atoms with Gasteiger partial charge in [0.2, 0.25) is 0 Å². The molecular formula is C11H15ClN2OS. The van der Waals surface area contributed by atoms with Gasteiger partial charge in [-0.05, 0) is 12.5 Å². The van der Waals surface area contributed by atoms with E-state index < -0.39 is 0 Å². The minimum absolute atomic E-state index is 0.0139. The van der Waals surface area contributed by atoms with Gasteiger partial charge in [0.1, 0.15) is 5.78 Å². The molecule has 0 heterocycles. The summed E-state index contributed by atoms with van der Waals surface area (Å²) in [6.45, 7) is 2.19. The molecule has 0 aliphatic heterocycles. The van der Waals surface area contributed by atoms with E-state index in [0.717, 1.165) is 6.54 Å². The van der Waals surface area contributed by atoms with E-state index in [-0.39, 0.29) is 16.5 Å². The number of carbonyl (C=O) groups excluding carboxylic acids is 1. The smallest absolute Gasteiger partial charge is 0.135 e. The van der Waals surface area contributed by atoms with Gasteiger partial charge in [-0.1, -0.05) is 54.2 Å². The van der Waals surface area contributed by atoms with E-state index in [1.165, 1.54) is 12.5 Å². The topological polar surface area (TPSA) is 55.1 Å². The Hall–Kier alpha value is -0.810. The van der Waals surface area contributed by atoms with Crippen LogP contribution in [0.15, 0.2) is 30.3 Å². The Morgan fingerprint density at radius 2 is 2.00 bits per heavy atom. The molecule has 1 rings (SSSR count). The molecule has 0 saturated carbocycles. The molecule has 3 N–H and O–H groups in total. The minimum Gasteiger partial charge on any atom is -0.300 e. The summed E-state index contributed by atoms with van der Waals surface area (Å²) < 4.78 is 0.243. The monoisotopic (exact) mass is 258 g/mol.